The van der Waals surface area contributed by atoms with Gasteiger partial charge in [0.2, 0.25) is 0 Å². The van der Waals surface area contributed by atoms with Crippen LogP contribution in [-0.4, -0.2) is 99.3 Å². The zero-order valence-electron chi connectivity index (χ0n) is 17.8. The van der Waals surface area contributed by atoms with Crippen LogP contribution >= 0.6 is 0 Å². The molecule has 10 nitrogen and oxygen atoms in total. The van der Waals surface area contributed by atoms with Crippen molar-refractivity contribution in [2.45, 2.75) is 81.8 Å². The molecule has 10 heteroatoms. The topological polar surface area (TPSA) is 158 Å². The van der Waals surface area contributed by atoms with Crippen molar-refractivity contribution in [3.05, 3.63) is 0 Å². The first-order valence-corrected chi connectivity index (χ1v) is 11.1. The number of aliphatic hydroxyl groups is 5. The summed E-state index contributed by atoms with van der Waals surface area (Å²) in [7, 11) is 0. The van der Waals surface area contributed by atoms with Crippen LogP contribution in [0.4, 0.5) is 0 Å². The third-order valence-electron chi connectivity index (χ3n) is 8.72. The van der Waals surface area contributed by atoms with E-state index in [2.05, 4.69) is 0 Å². The minimum Gasteiger partial charge on any atom is -0.459 e. The molecular weight excluding hydrogens is 412 g/mol. The number of fused-ring (bicyclic) bond motifs is 5. The quantitative estimate of drug-likeness (QED) is 0.246. The van der Waals surface area contributed by atoms with E-state index in [0.29, 0.717) is 13.0 Å². The van der Waals surface area contributed by atoms with Crippen molar-refractivity contribution >= 4 is 5.97 Å². The van der Waals surface area contributed by atoms with Crippen LogP contribution in [-0.2, 0) is 23.7 Å². The van der Waals surface area contributed by atoms with Crippen LogP contribution in [0.5, 0.6) is 0 Å². The summed E-state index contributed by atoms with van der Waals surface area (Å²) < 4.78 is 23.1. The van der Waals surface area contributed by atoms with Gasteiger partial charge in [-0.25, -0.2) is 0 Å². The maximum Gasteiger partial charge on any atom is 0.310 e. The standard InChI is InChI=1S/C21H32O10/c1-7(2)11-12-8-4-10(30-19-15(25)14(24)13(23)9(5-22)29-19)21(6-28-21)20(8,3)17(26)16(11)31-18(12)27/h7-17,19,22-26H,4-6H2,1-3H3/t8-,9-,10+,11-,12+,13-,14+,15-,16+,17-,19-,20-,21-/m0/s1. The molecule has 176 valence electrons. The second kappa shape index (κ2) is 7.07. The van der Waals surface area contributed by atoms with Gasteiger partial charge in [-0.05, 0) is 18.3 Å². The summed E-state index contributed by atoms with van der Waals surface area (Å²) in [6.45, 7) is 5.70. The molecule has 3 heterocycles. The van der Waals surface area contributed by atoms with Crippen molar-refractivity contribution in [3.63, 3.8) is 0 Å². The monoisotopic (exact) mass is 444 g/mol. The fourth-order valence-corrected chi connectivity index (χ4v) is 6.89. The van der Waals surface area contributed by atoms with Crippen molar-refractivity contribution in [1.29, 1.82) is 0 Å². The Morgan fingerprint density at radius 2 is 1.84 bits per heavy atom. The number of esters is 1. The molecule has 5 aliphatic rings. The number of hydrogen-bond donors (Lipinski definition) is 5. The first kappa shape index (κ1) is 22.0. The van der Waals surface area contributed by atoms with Gasteiger partial charge in [0, 0.05) is 11.3 Å². The summed E-state index contributed by atoms with van der Waals surface area (Å²) in [6, 6.07) is 0. The number of carbonyl (C=O) groups excluding carboxylic acids is 1. The van der Waals surface area contributed by atoms with Crippen LogP contribution in [0.3, 0.4) is 0 Å². The second-order valence-corrected chi connectivity index (χ2v) is 10.3. The maximum atomic E-state index is 12.8. The van der Waals surface area contributed by atoms with Crippen molar-refractivity contribution in [2.24, 2.45) is 29.1 Å². The van der Waals surface area contributed by atoms with E-state index in [0.717, 1.165) is 0 Å². The maximum absolute atomic E-state index is 12.8. The zero-order valence-corrected chi connectivity index (χ0v) is 17.8. The highest BCUT2D eigenvalue weighted by atomic mass is 16.7. The molecule has 3 saturated heterocycles. The minimum absolute atomic E-state index is 0.109. The minimum atomic E-state index is -1.55. The van der Waals surface area contributed by atoms with E-state index in [1.165, 1.54) is 0 Å². The van der Waals surface area contributed by atoms with Gasteiger partial charge in [0.1, 0.15) is 36.1 Å². The molecule has 0 unspecified atom stereocenters. The molecule has 13 atom stereocenters. The molecule has 0 aromatic carbocycles. The van der Waals surface area contributed by atoms with Gasteiger partial charge in [-0.3, -0.25) is 4.79 Å². The lowest BCUT2D eigenvalue weighted by Crippen LogP contribution is -2.62. The Hall–Kier alpha value is -0.850. The number of rotatable bonds is 4. The molecule has 0 amide bonds. The molecule has 2 aliphatic carbocycles. The summed E-state index contributed by atoms with van der Waals surface area (Å²) in [6.07, 6.45) is -8.70. The van der Waals surface area contributed by atoms with Crippen molar-refractivity contribution < 1.29 is 49.3 Å². The summed E-state index contributed by atoms with van der Waals surface area (Å²) in [4.78, 5) is 12.8. The highest BCUT2D eigenvalue weighted by Crippen LogP contribution is 2.69. The smallest absolute Gasteiger partial charge is 0.310 e. The Morgan fingerprint density at radius 1 is 1.16 bits per heavy atom. The SMILES string of the molecule is CC(C)[C@@H]1[C@H]2OC(=O)[C@@H]1[C@@H]1C[C@@H](O[C@@H]3O[C@@H](CO)[C@H](O)[C@@H](O)[C@@H]3O)[C@@]3(CO3)[C@]1(C)[C@H]2O. The molecule has 0 aromatic rings. The lowest BCUT2D eigenvalue weighted by atomic mass is 9.55. The molecular formula is C21H32O10. The van der Waals surface area contributed by atoms with Gasteiger partial charge in [0.25, 0.3) is 0 Å². The Labute approximate surface area is 180 Å². The third kappa shape index (κ3) is 2.70. The van der Waals surface area contributed by atoms with Crippen molar-refractivity contribution in [3.8, 4) is 0 Å². The lowest BCUT2D eigenvalue weighted by molar-refractivity contribution is -0.315. The van der Waals surface area contributed by atoms with Crippen LogP contribution < -0.4 is 0 Å². The van der Waals surface area contributed by atoms with E-state index in [1.807, 2.05) is 20.8 Å². The van der Waals surface area contributed by atoms with Crippen LogP contribution in [0, 0.1) is 29.1 Å². The molecule has 31 heavy (non-hydrogen) atoms. The predicted molar refractivity (Wildman–Crippen MR) is 101 cm³/mol. The fraction of sp³-hybridized carbons (Fsp3) is 0.952. The van der Waals surface area contributed by atoms with Crippen LogP contribution in [0.25, 0.3) is 0 Å². The summed E-state index contributed by atoms with van der Waals surface area (Å²) >= 11 is 0. The number of hydrogen-bond acceptors (Lipinski definition) is 10. The molecule has 2 saturated carbocycles. The molecule has 0 aromatic heterocycles. The molecule has 3 aliphatic heterocycles. The van der Waals surface area contributed by atoms with Gasteiger partial charge < -0.3 is 44.5 Å². The van der Waals surface area contributed by atoms with E-state index in [1.54, 1.807) is 0 Å². The Kier molecular flexibility index (Phi) is 5.01. The van der Waals surface area contributed by atoms with Gasteiger partial charge in [0.05, 0.1) is 31.3 Å². The molecule has 5 N–H and O–H groups in total. The van der Waals surface area contributed by atoms with Crippen LogP contribution in [0.2, 0.25) is 0 Å². The molecule has 0 radical (unpaired) electrons. The van der Waals surface area contributed by atoms with E-state index < -0.39 is 66.6 Å². The lowest BCUT2D eigenvalue weighted by Gasteiger charge is -2.49. The van der Waals surface area contributed by atoms with Gasteiger partial charge in [-0.2, -0.15) is 0 Å². The van der Waals surface area contributed by atoms with E-state index in [9.17, 15) is 30.3 Å². The number of epoxide rings is 1. The first-order chi connectivity index (χ1) is 14.6. The van der Waals surface area contributed by atoms with Crippen molar-refractivity contribution in [2.75, 3.05) is 13.2 Å². The molecule has 5 rings (SSSR count). The number of ether oxygens (including phenoxy) is 4. The third-order valence-corrected chi connectivity index (χ3v) is 8.72. The van der Waals surface area contributed by atoms with Crippen LogP contribution in [0.1, 0.15) is 27.2 Å². The second-order valence-electron chi connectivity index (χ2n) is 10.3. The fourth-order valence-electron chi connectivity index (χ4n) is 6.89. The Bertz CT molecular complexity index is 738. The number of aliphatic hydroxyl groups excluding tert-OH is 5. The zero-order chi connectivity index (χ0) is 22.5. The largest absolute Gasteiger partial charge is 0.459 e. The summed E-state index contributed by atoms with van der Waals surface area (Å²) in [5.41, 5.74) is -1.67. The molecule has 5 fully saturated rings. The summed E-state index contributed by atoms with van der Waals surface area (Å²) in [5, 5.41) is 51.3. The van der Waals surface area contributed by atoms with Crippen molar-refractivity contribution in [1.82, 2.24) is 0 Å². The van der Waals surface area contributed by atoms with Crippen LogP contribution in [0.15, 0.2) is 0 Å². The Morgan fingerprint density at radius 3 is 2.42 bits per heavy atom. The number of carbonyl (C=O) groups is 1. The average molecular weight is 444 g/mol. The van der Waals surface area contributed by atoms with Gasteiger partial charge in [-0.1, -0.05) is 20.8 Å². The molecule has 2 bridgehead atoms. The van der Waals surface area contributed by atoms with E-state index >= 15 is 0 Å². The van der Waals surface area contributed by atoms with Gasteiger partial charge in [0.15, 0.2) is 6.29 Å². The van der Waals surface area contributed by atoms with E-state index in [-0.39, 0.29) is 29.6 Å². The average Bonchev–Trinajstić information content (AvgIpc) is 3.43. The predicted octanol–water partition coefficient (Wildman–Crippen LogP) is -1.84. The normalized spacial score (nSPS) is 58.0. The van der Waals surface area contributed by atoms with Gasteiger partial charge in [-0.15, -0.1) is 0 Å². The highest BCUT2D eigenvalue weighted by Gasteiger charge is 2.81. The van der Waals surface area contributed by atoms with E-state index in [4.69, 9.17) is 18.9 Å². The van der Waals surface area contributed by atoms with Gasteiger partial charge >= 0.3 is 5.97 Å². The Balaban J connectivity index is 1.44. The first-order valence-electron chi connectivity index (χ1n) is 11.1. The summed E-state index contributed by atoms with van der Waals surface area (Å²) in [5.74, 6) is -0.910. The highest BCUT2D eigenvalue weighted by molar-refractivity contribution is 5.77. The molecule has 1 spiro atoms.